The van der Waals surface area contributed by atoms with Gasteiger partial charge in [-0.05, 0) is 52.7 Å². The molecule has 1 atom stereocenters. The number of allylic oxidation sites excluding steroid dienone is 1. The molecule has 1 aromatic rings. The van der Waals surface area contributed by atoms with Gasteiger partial charge in [0.2, 0.25) is 10.0 Å². The molecule has 1 aromatic carbocycles. The molecule has 0 radical (unpaired) electrons. The number of ether oxygens (including phenoxy) is 1. The average Bonchev–Trinajstić information content (AvgIpc) is 2.45. The fraction of sp³-hybridized carbons (Fsp3) is 0.500. The van der Waals surface area contributed by atoms with Crippen LogP contribution in [0, 0.1) is 12.8 Å². The minimum absolute atomic E-state index is 0.161. The quantitative estimate of drug-likeness (QED) is 0.575. The second-order valence-electron chi connectivity index (χ2n) is 6.75. The lowest BCUT2D eigenvalue weighted by atomic mass is 10.0. The van der Waals surface area contributed by atoms with E-state index in [1.807, 2.05) is 6.92 Å². The van der Waals surface area contributed by atoms with Gasteiger partial charge in [0, 0.05) is 6.54 Å². The molecular formula is C18H27NO4S. The maximum absolute atomic E-state index is 12.2. The number of hydrogen-bond donors (Lipinski definition) is 1. The molecule has 1 N–H and O–H groups in total. The van der Waals surface area contributed by atoms with Crippen LogP contribution < -0.4 is 4.72 Å². The van der Waals surface area contributed by atoms with Gasteiger partial charge in [0.05, 0.1) is 10.8 Å². The Kier molecular flexibility index (Phi) is 7.17. The van der Waals surface area contributed by atoms with Gasteiger partial charge >= 0.3 is 5.97 Å². The first kappa shape index (κ1) is 20.4. The largest absolute Gasteiger partial charge is 0.460 e. The summed E-state index contributed by atoms with van der Waals surface area (Å²) in [5.41, 5.74) is 0.419. The zero-order valence-electron chi connectivity index (χ0n) is 14.8. The number of sulfonamides is 1. The van der Waals surface area contributed by atoms with E-state index in [0.29, 0.717) is 12.8 Å². The highest BCUT2D eigenvalue weighted by molar-refractivity contribution is 7.89. The zero-order valence-corrected chi connectivity index (χ0v) is 15.7. The van der Waals surface area contributed by atoms with Gasteiger partial charge < -0.3 is 4.74 Å². The van der Waals surface area contributed by atoms with E-state index in [2.05, 4.69) is 11.3 Å². The van der Waals surface area contributed by atoms with E-state index >= 15 is 0 Å². The van der Waals surface area contributed by atoms with Crippen molar-refractivity contribution in [1.29, 1.82) is 0 Å². The standard InChI is InChI=1S/C18H27NO4S/c1-6-7-15(17(20)23-18(3,4)5)12-13-19-24(21,22)16-10-8-14(2)9-11-16/h6,8-11,15,19H,1,7,12-13H2,2-5H3. The first-order valence-corrected chi connectivity index (χ1v) is 9.43. The number of carbonyl (C=O) groups is 1. The first-order chi connectivity index (χ1) is 11.0. The van der Waals surface area contributed by atoms with Crippen LogP contribution in [0.3, 0.4) is 0 Å². The third-order valence-electron chi connectivity index (χ3n) is 3.31. The molecule has 0 bridgehead atoms. The van der Waals surface area contributed by atoms with Crippen LogP contribution in [-0.4, -0.2) is 26.5 Å². The van der Waals surface area contributed by atoms with Crippen molar-refractivity contribution in [2.75, 3.05) is 6.54 Å². The number of aryl methyl sites for hydroxylation is 1. The van der Waals surface area contributed by atoms with Gasteiger partial charge in [-0.25, -0.2) is 13.1 Å². The summed E-state index contributed by atoms with van der Waals surface area (Å²) in [4.78, 5) is 12.4. The number of carbonyl (C=O) groups excluding carboxylic acids is 1. The zero-order chi connectivity index (χ0) is 18.4. The molecule has 0 saturated heterocycles. The minimum atomic E-state index is -3.58. The van der Waals surface area contributed by atoms with Gasteiger partial charge in [-0.2, -0.15) is 0 Å². The summed E-state index contributed by atoms with van der Waals surface area (Å²) in [6, 6.07) is 6.62. The third kappa shape index (κ3) is 6.84. The van der Waals surface area contributed by atoms with E-state index in [-0.39, 0.29) is 17.4 Å². The molecule has 0 heterocycles. The number of nitrogens with one attached hydrogen (secondary N) is 1. The monoisotopic (exact) mass is 353 g/mol. The Morgan fingerprint density at radius 3 is 2.38 bits per heavy atom. The molecule has 1 rings (SSSR count). The van der Waals surface area contributed by atoms with Gasteiger partial charge in [0.25, 0.3) is 0 Å². The molecule has 0 spiro atoms. The SMILES string of the molecule is C=CCC(CCNS(=O)(=O)c1ccc(C)cc1)C(=O)OC(C)(C)C. The van der Waals surface area contributed by atoms with Crippen LogP contribution in [0.2, 0.25) is 0 Å². The van der Waals surface area contributed by atoms with E-state index in [1.54, 1.807) is 51.1 Å². The summed E-state index contributed by atoms with van der Waals surface area (Å²) in [5, 5.41) is 0. The van der Waals surface area contributed by atoms with Crippen molar-refractivity contribution in [1.82, 2.24) is 4.72 Å². The van der Waals surface area contributed by atoms with Crippen molar-refractivity contribution in [3.05, 3.63) is 42.5 Å². The normalized spacial score (nSPS) is 13.3. The maximum atomic E-state index is 12.2. The molecule has 5 nitrogen and oxygen atoms in total. The van der Waals surface area contributed by atoms with Crippen LogP contribution in [0.5, 0.6) is 0 Å². The molecule has 0 saturated carbocycles. The Hall–Kier alpha value is -1.66. The topological polar surface area (TPSA) is 72.5 Å². The van der Waals surface area contributed by atoms with Crippen LogP contribution in [0.1, 0.15) is 39.2 Å². The lowest BCUT2D eigenvalue weighted by molar-refractivity contribution is -0.160. The third-order valence-corrected chi connectivity index (χ3v) is 4.78. The number of rotatable bonds is 8. The Labute approximate surface area is 145 Å². The fourth-order valence-corrected chi connectivity index (χ4v) is 3.13. The second kappa shape index (κ2) is 8.44. The van der Waals surface area contributed by atoms with Crippen LogP contribution >= 0.6 is 0 Å². The van der Waals surface area contributed by atoms with Crippen molar-refractivity contribution in [3.63, 3.8) is 0 Å². The van der Waals surface area contributed by atoms with Crippen molar-refractivity contribution < 1.29 is 17.9 Å². The Morgan fingerprint density at radius 2 is 1.88 bits per heavy atom. The Bertz CT molecular complexity index is 657. The van der Waals surface area contributed by atoms with Crippen molar-refractivity contribution in [2.24, 2.45) is 5.92 Å². The molecule has 1 unspecified atom stereocenters. The molecule has 6 heteroatoms. The average molecular weight is 353 g/mol. The predicted octanol–water partition coefficient (Wildman–Crippen LogP) is 3.20. The molecule has 0 aliphatic heterocycles. The summed E-state index contributed by atoms with van der Waals surface area (Å²) in [5.74, 6) is -0.751. The maximum Gasteiger partial charge on any atom is 0.309 e. The van der Waals surface area contributed by atoms with Crippen molar-refractivity contribution >= 4 is 16.0 Å². The summed E-state index contributed by atoms with van der Waals surface area (Å²) < 4.78 is 32.4. The lowest BCUT2D eigenvalue weighted by Crippen LogP contribution is -2.32. The fourth-order valence-electron chi connectivity index (χ4n) is 2.09. The molecule has 0 aliphatic rings. The first-order valence-electron chi connectivity index (χ1n) is 7.95. The van der Waals surface area contributed by atoms with Crippen molar-refractivity contribution in [2.45, 2.75) is 51.0 Å². The summed E-state index contributed by atoms with van der Waals surface area (Å²) >= 11 is 0. The van der Waals surface area contributed by atoms with E-state index in [9.17, 15) is 13.2 Å². The van der Waals surface area contributed by atoms with Gasteiger partial charge in [-0.1, -0.05) is 23.8 Å². The molecule has 0 amide bonds. The highest BCUT2D eigenvalue weighted by Gasteiger charge is 2.24. The molecule has 24 heavy (non-hydrogen) atoms. The number of benzene rings is 1. The summed E-state index contributed by atoms with van der Waals surface area (Å²) in [6.07, 6.45) is 2.44. The molecule has 134 valence electrons. The second-order valence-corrected chi connectivity index (χ2v) is 8.52. The summed E-state index contributed by atoms with van der Waals surface area (Å²) in [6.45, 7) is 11.1. The summed E-state index contributed by atoms with van der Waals surface area (Å²) in [7, 11) is -3.58. The number of hydrogen-bond acceptors (Lipinski definition) is 4. The highest BCUT2D eigenvalue weighted by Crippen LogP contribution is 2.17. The number of esters is 1. The van der Waals surface area contributed by atoms with Crippen LogP contribution in [0.4, 0.5) is 0 Å². The molecular weight excluding hydrogens is 326 g/mol. The molecule has 0 aromatic heterocycles. The minimum Gasteiger partial charge on any atom is -0.460 e. The smallest absolute Gasteiger partial charge is 0.309 e. The Balaban J connectivity index is 2.66. The predicted molar refractivity (Wildman–Crippen MR) is 95.1 cm³/mol. The van der Waals surface area contributed by atoms with E-state index in [4.69, 9.17) is 4.74 Å². The molecule has 0 fully saturated rings. The van der Waals surface area contributed by atoms with Crippen LogP contribution in [0.25, 0.3) is 0 Å². The highest BCUT2D eigenvalue weighted by atomic mass is 32.2. The van der Waals surface area contributed by atoms with E-state index in [0.717, 1.165) is 5.56 Å². The lowest BCUT2D eigenvalue weighted by Gasteiger charge is -2.23. The van der Waals surface area contributed by atoms with E-state index in [1.165, 1.54) is 0 Å². The van der Waals surface area contributed by atoms with E-state index < -0.39 is 21.5 Å². The van der Waals surface area contributed by atoms with Crippen LogP contribution in [0.15, 0.2) is 41.8 Å². The van der Waals surface area contributed by atoms with Gasteiger partial charge in [0.1, 0.15) is 5.60 Å². The van der Waals surface area contributed by atoms with Crippen molar-refractivity contribution in [3.8, 4) is 0 Å². The van der Waals surface area contributed by atoms with Gasteiger partial charge in [0.15, 0.2) is 0 Å². The van der Waals surface area contributed by atoms with Gasteiger partial charge in [-0.15, -0.1) is 6.58 Å². The van der Waals surface area contributed by atoms with Crippen LogP contribution in [-0.2, 0) is 19.6 Å². The van der Waals surface area contributed by atoms with Gasteiger partial charge in [-0.3, -0.25) is 4.79 Å². The Morgan fingerprint density at radius 1 is 1.29 bits per heavy atom. The molecule has 0 aliphatic carbocycles.